The molecule has 2 rings (SSSR count). The van der Waals surface area contributed by atoms with E-state index >= 15 is 0 Å². The number of fused-ring (bicyclic) bond motifs is 1. The van der Waals surface area contributed by atoms with Gasteiger partial charge in [0.15, 0.2) is 0 Å². The first kappa shape index (κ1) is 8.84. The molecule has 1 fully saturated rings. The Balaban J connectivity index is 2.35. The lowest BCUT2D eigenvalue weighted by Gasteiger charge is -2.31. The minimum absolute atomic E-state index is 0.263. The molecular formula is C12H17N. The standard InChI is InChI=1S/C12H17N/c1-4-10-9(2)13-11-7-5-6-8-12(10,11)3/h6,8-11,13H,4H2,1-3H3. The molecule has 1 aliphatic carbocycles. The zero-order valence-corrected chi connectivity index (χ0v) is 8.59. The monoisotopic (exact) mass is 175 g/mol. The first-order chi connectivity index (χ1) is 6.18. The van der Waals surface area contributed by atoms with Crippen LogP contribution in [-0.4, -0.2) is 12.1 Å². The van der Waals surface area contributed by atoms with Crippen LogP contribution in [0.2, 0.25) is 0 Å². The van der Waals surface area contributed by atoms with Crippen LogP contribution >= 0.6 is 0 Å². The number of rotatable bonds is 1. The number of hydrogen-bond donors (Lipinski definition) is 1. The van der Waals surface area contributed by atoms with Gasteiger partial charge in [0.1, 0.15) is 0 Å². The molecule has 13 heavy (non-hydrogen) atoms. The van der Waals surface area contributed by atoms with Gasteiger partial charge in [0, 0.05) is 11.5 Å². The van der Waals surface area contributed by atoms with Crippen LogP contribution in [-0.2, 0) is 0 Å². The Hall–Kier alpha value is -0.740. The number of hydrogen-bond acceptors (Lipinski definition) is 1. The maximum atomic E-state index is 3.57. The first-order valence-corrected chi connectivity index (χ1v) is 5.13. The molecule has 0 aromatic carbocycles. The molecule has 0 radical (unpaired) electrons. The highest BCUT2D eigenvalue weighted by atomic mass is 15.0. The summed E-state index contributed by atoms with van der Waals surface area (Å²) < 4.78 is 0. The fourth-order valence-electron chi connectivity index (χ4n) is 2.87. The van der Waals surface area contributed by atoms with Crippen LogP contribution in [0.25, 0.3) is 0 Å². The van der Waals surface area contributed by atoms with Crippen molar-refractivity contribution in [2.45, 2.75) is 39.3 Å². The molecule has 1 heteroatoms. The van der Waals surface area contributed by atoms with Crippen LogP contribution < -0.4 is 5.32 Å². The third-order valence-corrected chi connectivity index (χ3v) is 3.65. The molecule has 4 atom stereocenters. The SMILES string of the molecule is CCC1C(C)NC2C#CC=CC21C. The highest BCUT2D eigenvalue weighted by Crippen LogP contribution is 2.43. The van der Waals surface area contributed by atoms with Gasteiger partial charge in [0.2, 0.25) is 0 Å². The molecule has 0 aromatic heterocycles. The van der Waals surface area contributed by atoms with Gasteiger partial charge >= 0.3 is 0 Å². The van der Waals surface area contributed by atoms with Crippen molar-refractivity contribution in [2.75, 3.05) is 0 Å². The minimum atomic E-state index is 0.263. The lowest BCUT2D eigenvalue weighted by molar-refractivity contribution is 0.279. The molecule has 70 valence electrons. The molecule has 1 heterocycles. The lowest BCUT2D eigenvalue weighted by atomic mass is 9.71. The van der Waals surface area contributed by atoms with E-state index in [1.807, 2.05) is 6.08 Å². The summed E-state index contributed by atoms with van der Waals surface area (Å²) in [4.78, 5) is 0. The summed E-state index contributed by atoms with van der Waals surface area (Å²) >= 11 is 0. The van der Waals surface area contributed by atoms with E-state index in [4.69, 9.17) is 0 Å². The Bertz CT molecular complexity index is 294. The van der Waals surface area contributed by atoms with Gasteiger partial charge in [-0.15, -0.1) is 0 Å². The maximum Gasteiger partial charge on any atom is 0.0788 e. The summed E-state index contributed by atoms with van der Waals surface area (Å²) in [5.74, 6) is 7.05. The Morgan fingerprint density at radius 2 is 2.31 bits per heavy atom. The highest BCUT2D eigenvalue weighted by molar-refractivity contribution is 5.34. The molecule has 1 N–H and O–H groups in total. The van der Waals surface area contributed by atoms with Crippen molar-refractivity contribution in [1.29, 1.82) is 0 Å². The summed E-state index contributed by atoms with van der Waals surface area (Å²) in [6, 6.07) is 0.967. The van der Waals surface area contributed by atoms with E-state index in [1.54, 1.807) is 0 Å². The third-order valence-electron chi connectivity index (χ3n) is 3.65. The lowest BCUT2D eigenvalue weighted by Crippen LogP contribution is -2.35. The molecular weight excluding hydrogens is 158 g/mol. The van der Waals surface area contributed by atoms with Gasteiger partial charge in [-0.1, -0.05) is 38.2 Å². The average molecular weight is 175 g/mol. The molecule has 4 unspecified atom stereocenters. The van der Waals surface area contributed by atoms with Gasteiger partial charge in [-0.25, -0.2) is 0 Å². The van der Waals surface area contributed by atoms with Crippen LogP contribution in [0.3, 0.4) is 0 Å². The molecule has 0 bridgehead atoms. The van der Waals surface area contributed by atoms with Gasteiger partial charge in [0.25, 0.3) is 0 Å². The zero-order valence-electron chi connectivity index (χ0n) is 8.59. The summed E-state index contributed by atoms with van der Waals surface area (Å²) in [6.07, 6.45) is 5.53. The number of allylic oxidation sites excluding steroid dienone is 1. The smallest absolute Gasteiger partial charge is 0.0788 e. The summed E-state index contributed by atoms with van der Waals surface area (Å²) in [6.45, 7) is 6.87. The molecule has 0 aromatic rings. The Kier molecular flexibility index (Phi) is 1.96. The summed E-state index contributed by atoms with van der Waals surface area (Å²) in [5, 5.41) is 3.57. The van der Waals surface area contributed by atoms with E-state index in [-0.39, 0.29) is 5.41 Å². The predicted octanol–water partition coefficient (Wildman–Crippen LogP) is 1.95. The highest BCUT2D eigenvalue weighted by Gasteiger charge is 2.47. The van der Waals surface area contributed by atoms with Crippen molar-refractivity contribution >= 4 is 0 Å². The van der Waals surface area contributed by atoms with E-state index in [2.05, 4.69) is 44.0 Å². The second-order valence-electron chi connectivity index (χ2n) is 4.39. The minimum Gasteiger partial charge on any atom is -0.300 e. The van der Waals surface area contributed by atoms with Gasteiger partial charge in [-0.2, -0.15) is 0 Å². The van der Waals surface area contributed by atoms with E-state index < -0.39 is 0 Å². The van der Waals surface area contributed by atoms with Crippen LogP contribution in [0.1, 0.15) is 27.2 Å². The van der Waals surface area contributed by atoms with Gasteiger partial charge in [0.05, 0.1) is 6.04 Å². The van der Waals surface area contributed by atoms with Crippen molar-refractivity contribution in [2.24, 2.45) is 11.3 Å². The van der Waals surface area contributed by atoms with Gasteiger partial charge in [-0.05, 0) is 18.9 Å². The topological polar surface area (TPSA) is 12.0 Å². The van der Waals surface area contributed by atoms with E-state index in [1.165, 1.54) is 6.42 Å². The Morgan fingerprint density at radius 1 is 1.54 bits per heavy atom. The quantitative estimate of drug-likeness (QED) is 0.601. The third kappa shape index (κ3) is 1.13. The summed E-state index contributed by atoms with van der Waals surface area (Å²) in [5.41, 5.74) is 0.263. The molecule has 1 saturated heterocycles. The van der Waals surface area contributed by atoms with E-state index in [0.29, 0.717) is 12.1 Å². The molecule has 0 spiro atoms. The van der Waals surface area contributed by atoms with Gasteiger partial charge in [-0.3, -0.25) is 0 Å². The van der Waals surface area contributed by atoms with Crippen LogP contribution in [0.5, 0.6) is 0 Å². The maximum absolute atomic E-state index is 3.57. The van der Waals surface area contributed by atoms with Crippen LogP contribution in [0.15, 0.2) is 12.2 Å². The van der Waals surface area contributed by atoms with Crippen LogP contribution in [0.4, 0.5) is 0 Å². The largest absolute Gasteiger partial charge is 0.300 e. The van der Waals surface area contributed by atoms with Crippen molar-refractivity contribution in [3.8, 4) is 11.8 Å². The van der Waals surface area contributed by atoms with Crippen molar-refractivity contribution in [1.82, 2.24) is 5.32 Å². The summed E-state index contributed by atoms with van der Waals surface area (Å²) in [7, 11) is 0. The fraction of sp³-hybridized carbons (Fsp3) is 0.667. The number of nitrogens with one attached hydrogen (secondary N) is 1. The van der Waals surface area contributed by atoms with Gasteiger partial charge < -0.3 is 5.32 Å². The van der Waals surface area contributed by atoms with E-state index in [9.17, 15) is 0 Å². The van der Waals surface area contributed by atoms with Crippen LogP contribution in [0, 0.1) is 23.2 Å². The normalized spacial score (nSPS) is 46.8. The predicted molar refractivity (Wildman–Crippen MR) is 55.2 cm³/mol. The Morgan fingerprint density at radius 3 is 3.00 bits per heavy atom. The van der Waals surface area contributed by atoms with Crippen molar-refractivity contribution in [3.05, 3.63) is 12.2 Å². The molecule has 1 nitrogen and oxygen atoms in total. The second kappa shape index (κ2) is 2.89. The van der Waals surface area contributed by atoms with Crippen molar-refractivity contribution < 1.29 is 0 Å². The molecule has 0 saturated carbocycles. The van der Waals surface area contributed by atoms with Crippen molar-refractivity contribution in [3.63, 3.8) is 0 Å². The molecule has 2 aliphatic rings. The average Bonchev–Trinajstić information content (AvgIpc) is 2.35. The fourth-order valence-corrected chi connectivity index (χ4v) is 2.87. The first-order valence-electron chi connectivity index (χ1n) is 5.13. The molecule has 1 aliphatic heterocycles. The molecule has 0 amide bonds. The Labute approximate surface area is 80.6 Å². The van der Waals surface area contributed by atoms with E-state index in [0.717, 1.165) is 5.92 Å². The second-order valence-corrected chi connectivity index (χ2v) is 4.39. The zero-order chi connectivity index (χ0) is 9.47.